The van der Waals surface area contributed by atoms with Crippen LogP contribution < -0.4 is 10.1 Å². The van der Waals surface area contributed by atoms with Crippen molar-refractivity contribution >= 4 is 28.1 Å². The third-order valence-electron chi connectivity index (χ3n) is 4.28. The molecule has 3 rings (SSSR count). The van der Waals surface area contributed by atoms with Gasteiger partial charge < -0.3 is 10.1 Å². The van der Waals surface area contributed by atoms with Crippen LogP contribution in [0.4, 0.5) is 5.00 Å². The quantitative estimate of drug-likeness (QED) is 0.843. The molecule has 0 radical (unpaired) electrons. The predicted molar refractivity (Wildman–Crippen MR) is 96.9 cm³/mol. The third-order valence-corrected chi connectivity index (χ3v) is 5.46. The normalized spacial score (nSPS) is 15.9. The van der Waals surface area contributed by atoms with Crippen molar-refractivity contribution in [3.05, 3.63) is 40.5 Å². The molecule has 2 aromatic rings. The van der Waals surface area contributed by atoms with Gasteiger partial charge in [-0.1, -0.05) is 23.7 Å². The largest absolute Gasteiger partial charge is 0.497 e. The van der Waals surface area contributed by atoms with Crippen LogP contribution in [-0.4, -0.2) is 36.0 Å². The number of rotatable bonds is 6. The summed E-state index contributed by atoms with van der Waals surface area (Å²) < 4.78 is 9.41. The van der Waals surface area contributed by atoms with Crippen molar-refractivity contribution < 1.29 is 4.74 Å². The van der Waals surface area contributed by atoms with E-state index in [0.29, 0.717) is 12.1 Å². The molecule has 1 saturated heterocycles. The number of ether oxygens (including phenoxy) is 1. The van der Waals surface area contributed by atoms with Gasteiger partial charge in [0, 0.05) is 6.54 Å². The van der Waals surface area contributed by atoms with Crippen LogP contribution in [0.3, 0.4) is 0 Å². The van der Waals surface area contributed by atoms with Crippen LogP contribution in [0.2, 0.25) is 5.15 Å². The molecule has 126 valence electrons. The molecule has 0 amide bonds. The Morgan fingerprint density at radius 2 is 2.25 bits per heavy atom. The molecule has 1 aliphatic heterocycles. The van der Waals surface area contributed by atoms with E-state index in [0.717, 1.165) is 23.8 Å². The van der Waals surface area contributed by atoms with Gasteiger partial charge >= 0.3 is 0 Å². The molecule has 1 aliphatic rings. The minimum absolute atomic E-state index is 0.218. The summed E-state index contributed by atoms with van der Waals surface area (Å²) in [5, 5.41) is 13.6. The molecule has 1 unspecified atom stereocenters. The van der Waals surface area contributed by atoms with E-state index in [1.807, 2.05) is 12.1 Å². The third kappa shape index (κ3) is 3.64. The van der Waals surface area contributed by atoms with Crippen LogP contribution in [0, 0.1) is 11.3 Å². The Morgan fingerprint density at radius 1 is 1.46 bits per heavy atom. The molecule has 0 saturated carbocycles. The smallest absolute Gasteiger partial charge is 0.162 e. The molecular weight excluding hydrogens is 344 g/mol. The van der Waals surface area contributed by atoms with E-state index in [-0.39, 0.29) is 11.2 Å². The van der Waals surface area contributed by atoms with Gasteiger partial charge in [-0.3, -0.25) is 4.90 Å². The lowest BCUT2D eigenvalue weighted by Gasteiger charge is -2.28. The second-order valence-corrected chi connectivity index (χ2v) is 6.84. The lowest BCUT2D eigenvalue weighted by atomic mass is 10.0. The number of anilines is 1. The van der Waals surface area contributed by atoms with Gasteiger partial charge in [0.15, 0.2) is 5.15 Å². The van der Waals surface area contributed by atoms with Gasteiger partial charge in [0.1, 0.15) is 22.4 Å². The van der Waals surface area contributed by atoms with E-state index in [2.05, 4.69) is 32.8 Å². The number of likely N-dealkylation sites (tertiary alicyclic amines) is 1. The summed E-state index contributed by atoms with van der Waals surface area (Å²) >= 11 is 7.18. The van der Waals surface area contributed by atoms with E-state index in [4.69, 9.17) is 16.3 Å². The lowest BCUT2D eigenvalue weighted by Crippen LogP contribution is -2.31. The standard InChI is InChI=1S/C17H19ClN4OS/c1-23-13-6-4-5-12(9-13)15(22-7-2-3-8-22)11-20-17-14(10-19)16(18)21-24-17/h4-6,9,15,20H,2-3,7-8,11H2,1H3. The van der Waals surface area contributed by atoms with Crippen LogP contribution in [0.1, 0.15) is 30.0 Å². The molecule has 0 aliphatic carbocycles. The molecule has 1 N–H and O–H groups in total. The Hall–Kier alpha value is -1.81. The average molecular weight is 363 g/mol. The van der Waals surface area contributed by atoms with Gasteiger partial charge in [-0.05, 0) is 55.2 Å². The summed E-state index contributed by atoms with van der Waals surface area (Å²) in [7, 11) is 1.68. The van der Waals surface area contributed by atoms with Gasteiger partial charge in [0.2, 0.25) is 0 Å². The van der Waals surface area contributed by atoms with Crippen LogP contribution >= 0.6 is 23.1 Å². The van der Waals surface area contributed by atoms with Crippen LogP contribution in [0.5, 0.6) is 5.75 Å². The zero-order valence-corrected chi connectivity index (χ0v) is 15.0. The molecular formula is C17H19ClN4OS. The summed E-state index contributed by atoms with van der Waals surface area (Å²) in [5.41, 5.74) is 1.63. The molecule has 1 fully saturated rings. The molecule has 5 nitrogen and oxygen atoms in total. The zero-order chi connectivity index (χ0) is 16.9. The summed E-state index contributed by atoms with van der Waals surface area (Å²) in [6.07, 6.45) is 2.44. The Morgan fingerprint density at radius 3 is 2.96 bits per heavy atom. The molecule has 24 heavy (non-hydrogen) atoms. The van der Waals surface area contributed by atoms with Gasteiger partial charge in [-0.25, -0.2) is 0 Å². The number of nitriles is 1. The first-order chi connectivity index (χ1) is 11.7. The molecule has 0 bridgehead atoms. The number of hydrogen-bond acceptors (Lipinski definition) is 6. The summed E-state index contributed by atoms with van der Waals surface area (Å²) in [6, 6.07) is 10.5. The highest BCUT2D eigenvalue weighted by atomic mass is 35.5. The zero-order valence-electron chi connectivity index (χ0n) is 13.5. The number of aromatic nitrogens is 1. The van der Waals surface area contributed by atoms with E-state index >= 15 is 0 Å². The molecule has 1 aromatic carbocycles. The highest BCUT2D eigenvalue weighted by Crippen LogP contribution is 2.31. The van der Waals surface area contributed by atoms with Crippen molar-refractivity contribution in [3.8, 4) is 11.8 Å². The summed E-state index contributed by atoms with van der Waals surface area (Å²) in [6.45, 7) is 2.86. The van der Waals surface area contributed by atoms with E-state index in [9.17, 15) is 5.26 Å². The van der Waals surface area contributed by atoms with E-state index in [1.54, 1.807) is 7.11 Å². The number of nitrogens with zero attached hydrogens (tertiary/aromatic N) is 3. The van der Waals surface area contributed by atoms with Crippen LogP contribution in [0.15, 0.2) is 24.3 Å². The molecule has 7 heteroatoms. The van der Waals surface area contributed by atoms with Crippen molar-refractivity contribution in [1.29, 1.82) is 5.26 Å². The molecule has 2 heterocycles. The second-order valence-electron chi connectivity index (χ2n) is 5.71. The monoisotopic (exact) mass is 362 g/mol. The van der Waals surface area contributed by atoms with Gasteiger partial charge in [-0.2, -0.15) is 9.64 Å². The first-order valence-electron chi connectivity index (χ1n) is 7.90. The van der Waals surface area contributed by atoms with Gasteiger partial charge in [0.05, 0.1) is 13.2 Å². The Balaban J connectivity index is 1.81. The van der Waals surface area contributed by atoms with Crippen molar-refractivity contribution in [2.75, 3.05) is 32.1 Å². The number of nitrogens with one attached hydrogen (secondary N) is 1. The number of methoxy groups -OCH3 is 1. The van der Waals surface area contributed by atoms with Crippen LogP contribution in [0.25, 0.3) is 0 Å². The SMILES string of the molecule is COc1cccc(C(CNc2snc(Cl)c2C#N)N2CCCC2)c1. The van der Waals surface area contributed by atoms with Crippen molar-refractivity contribution in [3.63, 3.8) is 0 Å². The van der Waals surface area contributed by atoms with Crippen molar-refractivity contribution in [2.45, 2.75) is 18.9 Å². The van der Waals surface area contributed by atoms with Crippen molar-refractivity contribution in [2.24, 2.45) is 0 Å². The Labute approximate surface area is 151 Å². The van der Waals surface area contributed by atoms with Crippen molar-refractivity contribution in [1.82, 2.24) is 9.27 Å². The fourth-order valence-corrected chi connectivity index (χ4v) is 3.98. The first kappa shape index (κ1) is 17.0. The topological polar surface area (TPSA) is 61.2 Å². The maximum atomic E-state index is 9.22. The maximum absolute atomic E-state index is 9.22. The number of halogens is 1. The van der Waals surface area contributed by atoms with Crippen LogP contribution in [-0.2, 0) is 0 Å². The van der Waals surface area contributed by atoms with Gasteiger partial charge in [-0.15, -0.1) is 0 Å². The van der Waals surface area contributed by atoms with E-state index in [1.165, 1.54) is 29.9 Å². The molecule has 0 spiro atoms. The fourth-order valence-electron chi connectivity index (χ4n) is 3.04. The summed E-state index contributed by atoms with van der Waals surface area (Å²) in [4.78, 5) is 2.47. The minimum Gasteiger partial charge on any atom is -0.497 e. The number of benzene rings is 1. The summed E-state index contributed by atoms with van der Waals surface area (Å²) in [5.74, 6) is 0.857. The first-order valence-corrected chi connectivity index (χ1v) is 9.05. The number of hydrogen-bond donors (Lipinski definition) is 1. The Kier molecular flexibility index (Phi) is 5.56. The average Bonchev–Trinajstić information content (AvgIpc) is 3.25. The second kappa shape index (κ2) is 7.84. The lowest BCUT2D eigenvalue weighted by molar-refractivity contribution is 0.255. The fraction of sp³-hybridized carbons (Fsp3) is 0.412. The van der Waals surface area contributed by atoms with E-state index < -0.39 is 0 Å². The molecule has 1 atom stereocenters. The molecule has 1 aromatic heterocycles. The predicted octanol–water partition coefficient (Wildman–Crippen LogP) is 3.93. The maximum Gasteiger partial charge on any atom is 0.162 e. The Bertz CT molecular complexity index is 736. The highest BCUT2D eigenvalue weighted by Gasteiger charge is 2.24. The minimum atomic E-state index is 0.218. The van der Waals surface area contributed by atoms with Gasteiger partial charge in [0.25, 0.3) is 0 Å². The highest BCUT2D eigenvalue weighted by molar-refractivity contribution is 7.10.